The number of hydrogen-bond acceptors (Lipinski definition) is 3. The maximum absolute atomic E-state index is 4.16. The summed E-state index contributed by atoms with van der Waals surface area (Å²) in [7, 11) is 0. The van der Waals surface area contributed by atoms with Crippen molar-refractivity contribution in [2.24, 2.45) is 4.99 Å². The zero-order chi connectivity index (χ0) is 7.40. The van der Waals surface area contributed by atoms with Crippen molar-refractivity contribution in [3.05, 3.63) is 0 Å². The molecule has 3 heteroatoms. The van der Waals surface area contributed by atoms with Gasteiger partial charge in [0.05, 0.1) is 6.34 Å². The van der Waals surface area contributed by atoms with Crippen LogP contribution in [0.5, 0.6) is 0 Å². The van der Waals surface area contributed by atoms with Crippen molar-refractivity contribution in [2.45, 2.75) is 32.9 Å². The monoisotopic (exact) mass is 141 g/mol. The van der Waals surface area contributed by atoms with Crippen molar-refractivity contribution in [3.8, 4) is 0 Å². The largest absolute Gasteiger partial charge is 0.308 e. The van der Waals surface area contributed by atoms with Crippen LogP contribution in [0, 0.1) is 0 Å². The zero-order valence-electron chi connectivity index (χ0n) is 6.67. The Morgan fingerprint density at radius 2 is 2.50 bits per heavy atom. The number of unbranched alkanes of at least 4 members (excludes halogenated alkanes) is 1. The molecule has 1 atom stereocenters. The van der Waals surface area contributed by atoms with Crippen LogP contribution in [0.4, 0.5) is 0 Å². The summed E-state index contributed by atoms with van der Waals surface area (Å²) in [4.78, 5) is 4.16. The maximum Gasteiger partial charge on any atom is 0.118 e. The molecule has 3 nitrogen and oxygen atoms in total. The summed E-state index contributed by atoms with van der Waals surface area (Å²) >= 11 is 0. The SMILES string of the molecule is CCCCN1NC=NC1C. The quantitative estimate of drug-likeness (QED) is 0.634. The molecular formula is C7H15N3. The maximum atomic E-state index is 4.16. The van der Waals surface area contributed by atoms with E-state index in [-0.39, 0.29) is 0 Å². The molecule has 0 fully saturated rings. The summed E-state index contributed by atoms with van der Waals surface area (Å²) in [6, 6.07) is 0. The van der Waals surface area contributed by atoms with Gasteiger partial charge in [-0.15, -0.1) is 0 Å². The predicted molar refractivity (Wildman–Crippen MR) is 42.7 cm³/mol. The lowest BCUT2D eigenvalue weighted by Crippen LogP contribution is -2.37. The third-order valence-electron chi connectivity index (χ3n) is 1.72. The minimum Gasteiger partial charge on any atom is -0.308 e. The van der Waals surface area contributed by atoms with E-state index in [1.165, 1.54) is 12.8 Å². The minimum atomic E-state index is 0.326. The van der Waals surface area contributed by atoms with Crippen molar-refractivity contribution in [1.82, 2.24) is 10.4 Å². The second-order valence-corrected chi connectivity index (χ2v) is 2.59. The summed E-state index contributed by atoms with van der Waals surface area (Å²) < 4.78 is 0. The fraction of sp³-hybridized carbons (Fsp3) is 0.857. The first-order valence-electron chi connectivity index (χ1n) is 3.89. The summed E-state index contributed by atoms with van der Waals surface area (Å²) in [5.74, 6) is 0. The molecule has 0 aromatic rings. The van der Waals surface area contributed by atoms with Crippen molar-refractivity contribution in [3.63, 3.8) is 0 Å². The van der Waals surface area contributed by atoms with Crippen LogP contribution in [0.3, 0.4) is 0 Å². The Balaban J connectivity index is 2.17. The van der Waals surface area contributed by atoms with Crippen LogP contribution in [-0.2, 0) is 0 Å². The third-order valence-corrected chi connectivity index (χ3v) is 1.72. The number of hydrogen-bond donors (Lipinski definition) is 1. The van der Waals surface area contributed by atoms with E-state index in [1.54, 1.807) is 6.34 Å². The summed E-state index contributed by atoms with van der Waals surface area (Å²) in [6.45, 7) is 5.38. The van der Waals surface area contributed by atoms with Crippen LogP contribution in [-0.4, -0.2) is 24.1 Å². The summed E-state index contributed by atoms with van der Waals surface area (Å²) in [5.41, 5.74) is 3.08. The van der Waals surface area contributed by atoms with E-state index in [2.05, 4.69) is 29.3 Å². The average Bonchev–Trinajstić information content (AvgIpc) is 2.31. The van der Waals surface area contributed by atoms with E-state index in [9.17, 15) is 0 Å². The molecule has 0 radical (unpaired) electrons. The Morgan fingerprint density at radius 1 is 1.70 bits per heavy atom. The molecule has 0 spiro atoms. The highest BCUT2D eigenvalue weighted by Gasteiger charge is 2.13. The molecule has 1 N–H and O–H groups in total. The Morgan fingerprint density at radius 3 is 3.00 bits per heavy atom. The Bertz CT molecular complexity index is 122. The Labute approximate surface area is 62.1 Å². The number of rotatable bonds is 3. The summed E-state index contributed by atoms with van der Waals surface area (Å²) in [6.07, 6.45) is 4.57. The van der Waals surface area contributed by atoms with E-state index in [0.717, 1.165) is 6.54 Å². The molecule has 1 rings (SSSR count). The van der Waals surface area contributed by atoms with Crippen LogP contribution in [0.25, 0.3) is 0 Å². The van der Waals surface area contributed by atoms with Gasteiger partial charge in [-0.1, -0.05) is 13.3 Å². The first-order valence-corrected chi connectivity index (χ1v) is 3.89. The van der Waals surface area contributed by atoms with E-state index >= 15 is 0 Å². The number of nitrogens with one attached hydrogen (secondary N) is 1. The smallest absolute Gasteiger partial charge is 0.118 e. The van der Waals surface area contributed by atoms with Crippen LogP contribution >= 0.6 is 0 Å². The third kappa shape index (κ3) is 1.70. The van der Waals surface area contributed by atoms with Crippen LogP contribution < -0.4 is 5.43 Å². The topological polar surface area (TPSA) is 27.6 Å². The van der Waals surface area contributed by atoms with Gasteiger partial charge in [0.2, 0.25) is 0 Å². The van der Waals surface area contributed by atoms with Gasteiger partial charge in [0.25, 0.3) is 0 Å². The lowest BCUT2D eigenvalue weighted by Gasteiger charge is -2.18. The molecule has 1 unspecified atom stereocenters. The van der Waals surface area contributed by atoms with Crippen molar-refractivity contribution in [2.75, 3.05) is 6.54 Å². The second kappa shape index (κ2) is 3.56. The van der Waals surface area contributed by atoms with Gasteiger partial charge < -0.3 is 5.43 Å². The fourth-order valence-electron chi connectivity index (χ4n) is 0.984. The first kappa shape index (κ1) is 7.54. The molecule has 10 heavy (non-hydrogen) atoms. The molecule has 1 heterocycles. The molecule has 58 valence electrons. The van der Waals surface area contributed by atoms with Gasteiger partial charge in [-0.3, -0.25) is 4.99 Å². The van der Waals surface area contributed by atoms with Gasteiger partial charge in [-0.2, -0.15) is 5.01 Å². The van der Waals surface area contributed by atoms with E-state index in [0.29, 0.717) is 6.17 Å². The molecule has 1 aliphatic rings. The molecule has 0 aromatic heterocycles. The standard InChI is InChI=1S/C7H15N3/c1-3-4-5-10-7(2)8-6-9-10/h6-7H,3-5H2,1-2H3,(H,8,9). The molecule has 0 saturated heterocycles. The van der Waals surface area contributed by atoms with E-state index in [4.69, 9.17) is 0 Å². The number of hydrazine groups is 1. The van der Waals surface area contributed by atoms with Gasteiger partial charge in [0.1, 0.15) is 6.17 Å². The zero-order valence-corrected chi connectivity index (χ0v) is 6.67. The highest BCUT2D eigenvalue weighted by Crippen LogP contribution is 2.02. The lowest BCUT2D eigenvalue weighted by molar-refractivity contribution is 0.200. The predicted octanol–water partition coefficient (Wildman–Crippen LogP) is 0.981. The van der Waals surface area contributed by atoms with Crippen LogP contribution in [0.15, 0.2) is 4.99 Å². The first-order chi connectivity index (χ1) is 4.84. The summed E-state index contributed by atoms with van der Waals surface area (Å²) in [5, 5.41) is 2.14. The number of nitrogens with zero attached hydrogens (tertiary/aromatic N) is 2. The molecule has 0 saturated carbocycles. The lowest BCUT2D eigenvalue weighted by atomic mass is 10.3. The number of aliphatic imine (C=N–C) groups is 1. The molecule has 0 aliphatic carbocycles. The van der Waals surface area contributed by atoms with Crippen molar-refractivity contribution in [1.29, 1.82) is 0 Å². The van der Waals surface area contributed by atoms with Crippen LogP contribution in [0.2, 0.25) is 0 Å². The van der Waals surface area contributed by atoms with Crippen molar-refractivity contribution < 1.29 is 0 Å². The highest BCUT2D eigenvalue weighted by molar-refractivity contribution is 5.55. The van der Waals surface area contributed by atoms with Gasteiger partial charge in [0, 0.05) is 6.54 Å². The molecule has 0 amide bonds. The molecular weight excluding hydrogens is 126 g/mol. The fourth-order valence-corrected chi connectivity index (χ4v) is 0.984. The van der Waals surface area contributed by atoms with Gasteiger partial charge in [-0.25, -0.2) is 0 Å². The highest BCUT2D eigenvalue weighted by atomic mass is 15.6. The second-order valence-electron chi connectivity index (χ2n) is 2.59. The van der Waals surface area contributed by atoms with Gasteiger partial charge >= 0.3 is 0 Å². The Kier molecular flexibility index (Phi) is 2.68. The molecule has 0 bridgehead atoms. The Hall–Kier alpha value is -0.570. The normalized spacial score (nSPS) is 25.2. The van der Waals surface area contributed by atoms with E-state index < -0.39 is 0 Å². The average molecular weight is 141 g/mol. The molecule has 1 aliphatic heterocycles. The van der Waals surface area contributed by atoms with Crippen molar-refractivity contribution >= 4 is 6.34 Å². The van der Waals surface area contributed by atoms with Gasteiger partial charge in [0.15, 0.2) is 0 Å². The molecule has 0 aromatic carbocycles. The van der Waals surface area contributed by atoms with Gasteiger partial charge in [-0.05, 0) is 13.3 Å². The minimum absolute atomic E-state index is 0.326. The van der Waals surface area contributed by atoms with E-state index in [1.807, 2.05) is 0 Å². The van der Waals surface area contributed by atoms with Crippen LogP contribution in [0.1, 0.15) is 26.7 Å².